The van der Waals surface area contributed by atoms with E-state index in [9.17, 15) is 0 Å². The predicted molar refractivity (Wildman–Crippen MR) is 79.0 cm³/mol. The quantitative estimate of drug-likeness (QED) is 0.892. The predicted octanol–water partition coefficient (Wildman–Crippen LogP) is 1.64. The Balaban J connectivity index is 1.86. The molecule has 0 saturated heterocycles. The highest BCUT2D eigenvalue weighted by Crippen LogP contribution is 2.46. The van der Waals surface area contributed by atoms with Gasteiger partial charge in [0.05, 0.1) is 6.54 Å². The molecule has 5 heteroatoms. The fraction of sp³-hybridized carbons (Fsp3) is 0.867. The van der Waals surface area contributed by atoms with Crippen molar-refractivity contribution >= 4 is 0 Å². The van der Waals surface area contributed by atoms with Gasteiger partial charge in [-0.25, -0.2) is 0 Å². The molecule has 1 aromatic rings. The molecule has 1 saturated carbocycles. The van der Waals surface area contributed by atoms with Gasteiger partial charge in [-0.3, -0.25) is 4.90 Å². The molecule has 2 N–H and O–H groups in total. The maximum atomic E-state index is 6.26. The summed E-state index contributed by atoms with van der Waals surface area (Å²) < 4.78 is 2.16. The van der Waals surface area contributed by atoms with Gasteiger partial charge in [-0.15, -0.1) is 10.2 Å². The Morgan fingerprint density at radius 3 is 2.85 bits per heavy atom. The molecule has 0 radical (unpaired) electrons. The van der Waals surface area contributed by atoms with Gasteiger partial charge < -0.3 is 10.3 Å². The van der Waals surface area contributed by atoms with E-state index in [2.05, 4.69) is 40.4 Å². The monoisotopic (exact) mass is 277 g/mol. The Labute approximate surface area is 121 Å². The summed E-state index contributed by atoms with van der Waals surface area (Å²) in [6.07, 6.45) is 5.55. The summed E-state index contributed by atoms with van der Waals surface area (Å²) in [6, 6.07) is 0. The molecular formula is C15H27N5. The molecule has 20 heavy (non-hydrogen) atoms. The maximum Gasteiger partial charge on any atom is 0.147 e. The van der Waals surface area contributed by atoms with Crippen LogP contribution in [0.2, 0.25) is 0 Å². The third kappa shape index (κ3) is 2.37. The van der Waals surface area contributed by atoms with E-state index in [4.69, 9.17) is 5.73 Å². The van der Waals surface area contributed by atoms with Crippen LogP contribution in [-0.2, 0) is 13.1 Å². The summed E-state index contributed by atoms with van der Waals surface area (Å²) >= 11 is 0. The summed E-state index contributed by atoms with van der Waals surface area (Å²) in [5.41, 5.74) is 6.78. The minimum Gasteiger partial charge on any atom is -0.329 e. The van der Waals surface area contributed by atoms with E-state index < -0.39 is 0 Å². The van der Waals surface area contributed by atoms with E-state index in [-0.39, 0.29) is 5.54 Å². The second kappa shape index (κ2) is 4.81. The number of aromatic nitrogens is 3. The molecule has 2 heterocycles. The lowest BCUT2D eigenvalue weighted by Crippen LogP contribution is -2.60. The molecule has 0 amide bonds. The van der Waals surface area contributed by atoms with E-state index in [0.29, 0.717) is 5.41 Å². The van der Waals surface area contributed by atoms with Crippen molar-refractivity contribution in [1.29, 1.82) is 0 Å². The molecule has 0 bridgehead atoms. The first-order valence-electron chi connectivity index (χ1n) is 7.76. The summed E-state index contributed by atoms with van der Waals surface area (Å²) in [5.74, 6) is 1.82. The van der Waals surface area contributed by atoms with Gasteiger partial charge in [-0.05, 0) is 30.6 Å². The van der Waals surface area contributed by atoms with Gasteiger partial charge in [0.15, 0.2) is 0 Å². The van der Waals surface area contributed by atoms with Crippen LogP contribution in [0.25, 0.3) is 0 Å². The van der Waals surface area contributed by atoms with Crippen LogP contribution in [0.4, 0.5) is 0 Å². The van der Waals surface area contributed by atoms with Gasteiger partial charge in [-0.2, -0.15) is 0 Å². The molecule has 3 rings (SSSR count). The Morgan fingerprint density at radius 1 is 1.35 bits per heavy atom. The summed E-state index contributed by atoms with van der Waals surface area (Å²) in [6.45, 7) is 10.8. The Bertz CT molecular complexity index is 480. The zero-order valence-electron chi connectivity index (χ0n) is 13.0. The number of rotatable bonds is 2. The van der Waals surface area contributed by atoms with Crippen LogP contribution in [0.15, 0.2) is 6.33 Å². The van der Waals surface area contributed by atoms with Gasteiger partial charge in [0.2, 0.25) is 0 Å². The summed E-state index contributed by atoms with van der Waals surface area (Å²) in [5, 5.41) is 8.28. The topological polar surface area (TPSA) is 60.0 Å². The fourth-order valence-electron chi connectivity index (χ4n) is 4.70. The van der Waals surface area contributed by atoms with Crippen LogP contribution >= 0.6 is 0 Å². The Morgan fingerprint density at radius 2 is 2.15 bits per heavy atom. The SMILES string of the molecule is CC1CC(C)(C)CC(CN)(N2CCn3cnnc3C2)C1. The highest BCUT2D eigenvalue weighted by molar-refractivity contribution is 5.04. The zero-order chi connectivity index (χ0) is 14.4. The molecule has 1 aliphatic carbocycles. The number of hydrogen-bond donors (Lipinski definition) is 1. The average Bonchev–Trinajstić information content (AvgIpc) is 2.83. The Hall–Kier alpha value is -0.940. The molecule has 0 aromatic carbocycles. The molecule has 0 spiro atoms. The minimum absolute atomic E-state index is 0.137. The molecule has 1 fully saturated rings. The molecule has 5 nitrogen and oxygen atoms in total. The molecule has 2 aliphatic rings. The lowest BCUT2D eigenvalue weighted by Gasteiger charge is -2.53. The molecule has 2 atom stereocenters. The number of nitrogens with zero attached hydrogens (tertiary/aromatic N) is 4. The van der Waals surface area contributed by atoms with Crippen LogP contribution in [0.3, 0.4) is 0 Å². The van der Waals surface area contributed by atoms with E-state index in [1.54, 1.807) is 0 Å². The second-order valence-corrected chi connectivity index (χ2v) is 7.64. The highest BCUT2D eigenvalue weighted by Gasteiger charge is 2.46. The zero-order valence-corrected chi connectivity index (χ0v) is 13.0. The van der Waals surface area contributed by atoms with Crippen molar-refractivity contribution in [2.24, 2.45) is 17.1 Å². The second-order valence-electron chi connectivity index (χ2n) is 7.64. The van der Waals surface area contributed by atoms with Crippen LogP contribution in [0.1, 0.15) is 45.9 Å². The van der Waals surface area contributed by atoms with Crippen molar-refractivity contribution in [3.63, 3.8) is 0 Å². The number of hydrogen-bond acceptors (Lipinski definition) is 4. The lowest BCUT2D eigenvalue weighted by molar-refractivity contribution is -0.0270. The van der Waals surface area contributed by atoms with Crippen molar-refractivity contribution in [2.75, 3.05) is 13.1 Å². The normalized spacial score (nSPS) is 33.9. The molecule has 2 unspecified atom stereocenters. The minimum atomic E-state index is 0.137. The first-order chi connectivity index (χ1) is 9.44. The van der Waals surface area contributed by atoms with Crippen molar-refractivity contribution in [3.05, 3.63) is 12.2 Å². The number of nitrogens with two attached hydrogens (primary N) is 1. The number of fused-ring (bicyclic) bond motifs is 1. The first-order valence-corrected chi connectivity index (χ1v) is 7.76. The van der Waals surface area contributed by atoms with E-state index >= 15 is 0 Å². The Kier molecular flexibility index (Phi) is 3.37. The van der Waals surface area contributed by atoms with Crippen molar-refractivity contribution in [3.8, 4) is 0 Å². The summed E-state index contributed by atoms with van der Waals surface area (Å²) in [7, 11) is 0. The molecule has 1 aliphatic heterocycles. The third-order valence-electron chi connectivity index (χ3n) is 5.13. The van der Waals surface area contributed by atoms with Gasteiger partial charge in [0.25, 0.3) is 0 Å². The van der Waals surface area contributed by atoms with Crippen LogP contribution in [0.5, 0.6) is 0 Å². The van der Waals surface area contributed by atoms with Gasteiger partial charge in [0, 0.05) is 25.2 Å². The fourth-order valence-corrected chi connectivity index (χ4v) is 4.70. The van der Waals surface area contributed by atoms with Crippen LogP contribution in [-0.4, -0.2) is 38.3 Å². The lowest BCUT2D eigenvalue weighted by atomic mass is 9.63. The summed E-state index contributed by atoms with van der Waals surface area (Å²) in [4.78, 5) is 2.58. The van der Waals surface area contributed by atoms with E-state index in [1.807, 2.05) is 6.33 Å². The average molecular weight is 277 g/mol. The maximum absolute atomic E-state index is 6.26. The van der Waals surface area contributed by atoms with Crippen LogP contribution < -0.4 is 5.73 Å². The smallest absolute Gasteiger partial charge is 0.147 e. The van der Waals surface area contributed by atoms with Gasteiger partial charge in [-0.1, -0.05) is 20.8 Å². The van der Waals surface area contributed by atoms with Gasteiger partial charge in [0.1, 0.15) is 12.2 Å². The highest BCUT2D eigenvalue weighted by atomic mass is 15.3. The standard InChI is InChI=1S/C15H27N5/c1-12-6-14(2,3)9-15(7-12,10-16)20-5-4-19-11-17-18-13(19)8-20/h11-12H,4-10,16H2,1-3H3. The van der Waals surface area contributed by atoms with Crippen molar-refractivity contribution in [1.82, 2.24) is 19.7 Å². The van der Waals surface area contributed by atoms with Gasteiger partial charge >= 0.3 is 0 Å². The van der Waals surface area contributed by atoms with Crippen molar-refractivity contribution in [2.45, 2.75) is 58.7 Å². The first kappa shape index (κ1) is 14.0. The molecule has 112 valence electrons. The molecular weight excluding hydrogens is 250 g/mol. The van der Waals surface area contributed by atoms with Crippen LogP contribution in [0, 0.1) is 11.3 Å². The largest absolute Gasteiger partial charge is 0.329 e. The third-order valence-corrected chi connectivity index (χ3v) is 5.13. The van der Waals surface area contributed by atoms with E-state index in [0.717, 1.165) is 37.9 Å². The van der Waals surface area contributed by atoms with E-state index in [1.165, 1.54) is 19.3 Å². The van der Waals surface area contributed by atoms with Crippen molar-refractivity contribution < 1.29 is 0 Å². The molecule has 1 aromatic heterocycles.